The van der Waals surface area contributed by atoms with Gasteiger partial charge in [0, 0.05) is 37.6 Å². The molecular formula is C19H23ClN2OS. The Morgan fingerprint density at radius 2 is 1.83 bits per heavy atom. The number of benzene rings is 1. The molecule has 1 aliphatic heterocycles. The Morgan fingerprint density at radius 1 is 1.12 bits per heavy atom. The minimum Gasteiger partial charge on any atom is -0.340 e. The minimum absolute atomic E-state index is 0.0196. The van der Waals surface area contributed by atoms with Crippen LogP contribution in [-0.2, 0) is 11.3 Å². The van der Waals surface area contributed by atoms with Crippen molar-refractivity contribution in [3.8, 4) is 0 Å². The summed E-state index contributed by atoms with van der Waals surface area (Å²) in [4.78, 5) is 18.6. The molecule has 3 rings (SSSR count). The lowest BCUT2D eigenvalue weighted by Gasteiger charge is -2.36. The molecule has 0 saturated carbocycles. The van der Waals surface area contributed by atoms with E-state index in [1.54, 1.807) is 11.3 Å². The first kappa shape index (κ1) is 17.5. The largest absolute Gasteiger partial charge is 0.340 e. The molecule has 3 nitrogen and oxygen atoms in total. The molecule has 128 valence electrons. The topological polar surface area (TPSA) is 23.6 Å². The Morgan fingerprint density at radius 3 is 2.42 bits per heavy atom. The molecule has 5 heteroatoms. The molecule has 1 fully saturated rings. The molecule has 1 amide bonds. The van der Waals surface area contributed by atoms with E-state index in [9.17, 15) is 4.79 Å². The fourth-order valence-corrected chi connectivity index (χ4v) is 4.37. The van der Waals surface area contributed by atoms with Crippen molar-refractivity contribution < 1.29 is 4.79 Å². The molecule has 1 aromatic carbocycles. The zero-order valence-electron chi connectivity index (χ0n) is 14.0. The lowest BCUT2D eigenvalue weighted by Crippen LogP contribution is -2.49. The lowest BCUT2D eigenvalue weighted by molar-refractivity contribution is -0.134. The average molecular weight is 363 g/mol. The number of hydrogen-bond donors (Lipinski definition) is 0. The molecule has 1 unspecified atom stereocenters. The van der Waals surface area contributed by atoms with Crippen LogP contribution >= 0.6 is 22.9 Å². The molecule has 1 atom stereocenters. The zero-order chi connectivity index (χ0) is 16.9. The van der Waals surface area contributed by atoms with Gasteiger partial charge in [-0.1, -0.05) is 48.9 Å². The Kier molecular flexibility index (Phi) is 5.93. The van der Waals surface area contributed by atoms with E-state index in [-0.39, 0.29) is 11.8 Å². The van der Waals surface area contributed by atoms with Crippen LogP contribution in [-0.4, -0.2) is 41.9 Å². The maximum Gasteiger partial charge on any atom is 0.230 e. The first-order valence-corrected chi connectivity index (χ1v) is 9.67. The number of rotatable bonds is 5. The van der Waals surface area contributed by atoms with E-state index in [4.69, 9.17) is 11.6 Å². The van der Waals surface area contributed by atoms with Crippen LogP contribution in [0.2, 0.25) is 4.34 Å². The van der Waals surface area contributed by atoms with Crippen LogP contribution in [0.15, 0.2) is 42.5 Å². The number of hydrogen-bond acceptors (Lipinski definition) is 3. The highest BCUT2D eigenvalue weighted by molar-refractivity contribution is 7.16. The summed E-state index contributed by atoms with van der Waals surface area (Å²) in [6, 6.07) is 14.2. The third kappa shape index (κ3) is 4.18. The van der Waals surface area contributed by atoms with Crippen LogP contribution in [0.4, 0.5) is 0 Å². The van der Waals surface area contributed by atoms with E-state index in [1.165, 1.54) is 4.88 Å². The normalized spacial score (nSPS) is 17.0. The van der Waals surface area contributed by atoms with Gasteiger partial charge < -0.3 is 4.90 Å². The molecule has 2 heterocycles. The van der Waals surface area contributed by atoms with Gasteiger partial charge in [0.05, 0.1) is 10.3 Å². The second-order valence-corrected chi connectivity index (χ2v) is 7.98. The number of amides is 1. The molecule has 1 aliphatic rings. The smallest absolute Gasteiger partial charge is 0.230 e. The second-order valence-electron chi connectivity index (χ2n) is 6.18. The SMILES string of the molecule is CCC(C(=O)N1CCN(Cc2ccc(Cl)s2)CC1)c1ccccc1. The van der Waals surface area contributed by atoms with Crippen LogP contribution in [0, 0.1) is 0 Å². The summed E-state index contributed by atoms with van der Waals surface area (Å²) in [5, 5.41) is 0. The maximum absolute atomic E-state index is 12.9. The number of halogens is 1. The summed E-state index contributed by atoms with van der Waals surface area (Å²) in [6.45, 7) is 6.48. The van der Waals surface area contributed by atoms with Gasteiger partial charge in [0.25, 0.3) is 0 Å². The molecule has 2 aromatic rings. The number of piperazine rings is 1. The van der Waals surface area contributed by atoms with Crippen molar-refractivity contribution in [3.63, 3.8) is 0 Å². The molecule has 1 saturated heterocycles. The van der Waals surface area contributed by atoms with Crippen molar-refractivity contribution in [2.45, 2.75) is 25.8 Å². The van der Waals surface area contributed by atoms with Crippen molar-refractivity contribution in [2.75, 3.05) is 26.2 Å². The zero-order valence-corrected chi connectivity index (χ0v) is 15.5. The molecule has 1 aromatic heterocycles. The summed E-state index contributed by atoms with van der Waals surface area (Å²) in [5.74, 6) is 0.247. The van der Waals surface area contributed by atoms with Crippen LogP contribution in [0.25, 0.3) is 0 Å². The molecule has 0 spiro atoms. The van der Waals surface area contributed by atoms with Gasteiger partial charge in [-0.2, -0.15) is 0 Å². The van der Waals surface area contributed by atoms with Gasteiger partial charge >= 0.3 is 0 Å². The highest BCUT2D eigenvalue weighted by atomic mass is 35.5. The highest BCUT2D eigenvalue weighted by Gasteiger charge is 2.27. The summed E-state index contributed by atoms with van der Waals surface area (Å²) in [7, 11) is 0. The number of thiophene rings is 1. The summed E-state index contributed by atoms with van der Waals surface area (Å²) < 4.78 is 0.840. The maximum atomic E-state index is 12.9. The van der Waals surface area contributed by atoms with Crippen molar-refractivity contribution in [1.29, 1.82) is 0 Å². The summed E-state index contributed by atoms with van der Waals surface area (Å²) in [6.07, 6.45) is 0.844. The predicted octanol–water partition coefficient (Wildman–Crippen LogP) is 4.24. The highest BCUT2D eigenvalue weighted by Crippen LogP contribution is 2.25. The van der Waals surface area contributed by atoms with Gasteiger partial charge in [-0.3, -0.25) is 9.69 Å². The second kappa shape index (κ2) is 8.15. The van der Waals surface area contributed by atoms with Gasteiger partial charge in [0.2, 0.25) is 5.91 Å². The van der Waals surface area contributed by atoms with E-state index in [0.29, 0.717) is 0 Å². The fraction of sp³-hybridized carbons (Fsp3) is 0.421. The summed E-state index contributed by atoms with van der Waals surface area (Å²) >= 11 is 7.64. The van der Waals surface area contributed by atoms with Crippen LogP contribution in [0.5, 0.6) is 0 Å². The van der Waals surface area contributed by atoms with Crippen molar-refractivity contribution in [1.82, 2.24) is 9.80 Å². The Hall–Kier alpha value is -1.36. The third-order valence-corrected chi connectivity index (χ3v) is 5.82. The minimum atomic E-state index is -0.0196. The van der Waals surface area contributed by atoms with Gasteiger partial charge in [0.1, 0.15) is 0 Å². The van der Waals surface area contributed by atoms with Crippen LogP contribution in [0.1, 0.15) is 29.7 Å². The Balaban J connectivity index is 1.56. The third-order valence-electron chi connectivity index (χ3n) is 4.60. The van der Waals surface area contributed by atoms with Gasteiger partial charge in [-0.25, -0.2) is 0 Å². The predicted molar refractivity (Wildman–Crippen MR) is 101 cm³/mol. The van der Waals surface area contributed by atoms with E-state index < -0.39 is 0 Å². The lowest BCUT2D eigenvalue weighted by atomic mass is 9.95. The van der Waals surface area contributed by atoms with E-state index in [2.05, 4.69) is 30.0 Å². The van der Waals surface area contributed by atoms with E-state index in [1.807, 2.05) is 29.2 Å². The number of carbonyl (C=O) groups excluding carboxylic acids is 1. The standard InChI is InChI=1S/C19H23ClN2OS/c1-2-17(15-6-4-3-5-7-15)19(23)22-12-10-21(11-13-22)14-16-8-9-18(20)24-16/h3-9,17H,2,10-14H2,1H3. The quantitative estimate of drug-likeness (QED) is 0.794. The van der Waals surface area contributed by atoms with Crippen molar-refractivity contribution >= 4 is 28.8 Å². The van der Waals surface area contributed by atoms with E-state index in [0.717, 1.165) is 49.0 Å². The van der Waals surface area contributed by atoms with Gasteiger partial charge in [-0.15, -0.1) is 11.3 Å². The molecule has 0 N–H and O–H groups in total. The number of nitrogens with zero attached hydrogens (tertiary/aromatic N) is 2. The summed E-state index contributed by atoms with van der Waals surface area (Å²) in [5.41, 5.74) is 1.13. The Labute approximate surface area is 152 Å². The first-order valence-electron chi connectivity index (χ1n) is 8.47. The fourth-order valence-electron chi connectivity index (χ4n) is 3.24. The van der Waals surface area contributed by atoms with Gasteiger partial charge in [0.15, 0.2) is 0 Å². The van der Waals surface area contributed by atoms with Crippen LogP contribution < -0.4 is 0 Å². The molecule has 0 aliphatic carbocycles. The van der Waals surface area contributed by atoms with Crippen molar-refractivity contribution in [2.24, 2.45) is 0 Å². The average Bonchev–Trinajstić information content (AvgIpc) is 3.02. The molecular weight excluding hydrogens is 340 g/mol. The van der Waals surface area contributed by atoms with E-state index >= 15 is 0 Å². The van der Waals surface area contributed by atoms with Crippen LogP contribution in [0.3, 0.4) is 0 Å². The number of carbonyl (C=O) groups is 1. The molecule has 0 bridgehead atoms. The van der Waals surface area contributed by atoms with Crippen molar-refractivity contribution in [3.05, 3.63) is 57.2 Å². The molecule has 0 radical (unpaired) electrons. The van der Waals surface area contributed by atoms with Gasteiger partial charge in [-0.05, 0) is 24.1 Å². The monoisotopic (exact) mass is 362 g/mol. The molecule has 24 heavy (non-hydrogen) atoms. The first-order chi connectivity index (χ1) is 11.7. The Bertz CT molecular complexity index is 665.